The van der Waals surface area contributed by atoms with Gasteiger partial charge in [-0.05, 0) is 92.7 Å². The van der Waals surface area contributed by atoms with Gasteiger partial charge in [0.05, 0.1) is 47.5 Å². The van der Waals surface area contributed by atoms with Crippen LogP contribution in [0.2, 0.25) is 0 Å². The molecule has 6 atom stereocenters. The van der Waals surface area contributed by atoms with Gasteiger partial charge >= 0.3 is 12.0 Å². The van der Waals surface area contributed by atoms with Gasteiger partial charge in [0.2, 0.25) is 11.8 Å². The fraction of sp³-hybridized carbons (Fsp3) is 0.519. The molecule has 0 radical (unpaired) electrons. The first-order chi connectivity index (χ1) is 33.9. The molecular formula is C54H66F5N5O7S. The van der Waals surface area contributed by atoms with Gasteiger partial charge in [-0.3, -0.25) is 19.3 Å². The second-order valence-electron chi connectivity index (χ2n) is 20.8. The highest BCUT2D eigenvalue weighted by Gasteiger charge is 2.49. The Morgan fingerprint density at radius 2 is 1.60 bits per heavy atom. The lowest BCUT2D eigenvalue weighted by atomic mass is 9.84. The van der Waals surface area contributed by atoms with Crippen LogP contribution in [-0.2, 0) is 30.3 Å². The lowest BCUT2D eigenvalue weighted by molar-refractivity contribution is -0.233. The van der Waals surface area contributed by atoms with Gasteiger partial charge in [-0.2, -0.15) is 8.78 Å². The van der Waals surface area contributed by atoms with Crippen molar-refractivity contribution in [1.29, 1.82) is 0 Å². The molecule has 0 spiro atoms. The van der Waals surface area contributed by atoms with Crippen molar-refractivity contribution in [3.8, 4) is 16.2 Å². The first-order valence-corrected chi connectivity index (χ1v) is 25.4. The number of alkyl halides is 3. The number of fused-ring (bicyclic) bond motifs is 2. The molecule has 12 nitrogen and oxygen atoms in total. The minimum Gasteiger partial charge on any atom is -0.493 e. The number of rotatable bonds is 20. The smallest absolute Gasteiger partial charge is 0.436 e. The van der Waals surface area contributed by atoms with Gasteiger partial charge in [-0.1, -0.05) is 69.3 Å². The third-order valence-electron chi connectivity index (χ3n) is 13.4. The second kappa shape index (κ2) is 22.5. The van der Waals surface area contributed by atoms with Crippen molar-refractivity contribution in [2.75, 3.05) is 39.5 Å². The molecule has 7 rings (SSSR count). The van der Waals surface area contributed by atoms with Crippen LogP contribution in [0.1, 0.15) is 114 Å². The van der Waals surface area contributed by atoms with E-state index in [9.17, 15) is 19.5 Å². The van der Waals surface area contributed by atoms with E-state index in [0.717, 1.165) is 61.0 Å². The Morgan fingerprint density at radius 1 is 0.931 bits per heavy atom. The Bertz CT molecular complexity index is 2590. The zero-order chi connectivity index (χ0) is 52.3. The number of amides is 3. The van der Waals surface area contributed by atoms with Gasteiger partial charge in [0.25, 0.3) is 0 Å². The summed E-state index contributed by atoms with van der Waals surface area (Å²) in [5, 5.41) is 15.6. The fourth-order valence-electron chi connectivity index (χ4n) is 9.86. The Kier molecular flexibility index (Phi) is 17.0. The summed E-state index contributed by atoms with van der Waals surface area (Å²) in [5.74, 6) is -4.83. The summed E-state index contributed by atoms with van der Waals surface area (Å²) in [6.45, 7) is 12.6. The van der Waals surface area contributed by atoms with Crippen LogP contribution < -0.4 is 15.4 Å². The predicted molar refractivity (Wildman–Crippen MR) is 265 cm³/mol. The highest BCUT2D eigenvalue weighted by molar-refractivity contribution is 7.13. The number of hydrogen-bond donors (Lipinski definition) is 3. The number of halogens is 5. The summed E-state index contributed by atoms with van der Waals surface area (Å²) in [4.78, 5) is 48.9. The van der Waals surface area contributed by atoms with Crippen LogP contribution in [0.4, 0.5) is 22.0 Å². The minimum absolute atomic E-state index is 0.0176. The maximum Gasteiger partial charge on any atom is 0.436 e. The predicted octanol–water partition coefficient (Wildman–Crippen LogP) is 9.45. The average Bonchev–Trinajstić information content (AvgIpc) is 4.03. The number of hydrogen-bond acceptors (Lipinski definition) is 10. The van der Waals surface area contributed by atoms with Crippen LogP contribution in [-0.4, -0.2) is 113 Å². The van der Waals surface area contributed by atoms with Crippen LogP contribution in [0.5, 0.6) is 5.75 Å². The fourth-order valence-corrected chi connectivity index (χ4v) is 10.7. The molecule has 0 unspecified atom stereocenters. The van der Waals surface area contributed by atoms with Crippen molar-refractivity contribution in [2.24, 2.45) is 5.41 Å². The molecule has 3 aromatic carbocycles. The number of carbonyl (C=O) groups is 3. The summed E-state index contributed by atoms with van der Waals surface area (Å²) >= 11 is 1.52. The molecule has 3 heterocycles. The SMILES string of the molecule is Cc1ncsc1-c1ccc([C@H](C)NC(=O)[C@@H]2C[C@@H](O)CN2C(=O)[C@@H](NC(=O)C(F)(F)OCCCOCCCOc2cc(F)c([C@@H]3C4=C(C[C@@H](C)N3CC(C)(C)F)c3ccccc3C4)c(F)c2)C(C)(C)C)cc1. The van der Waals surface area contributed by atoms with E-state index in [-0.39, 0.29) is 63.1 Å². The molecule has 1 aromatic heterocycles. The highest BCUT2D eigenvalue weighted by Crippen LogP contribution is 2.50. The molecular weight excluding hydrogens is 958 g/mol. The van der Waals surface area contributed by atoms with E-state index in [1.54, 1.807) is 33.2 Å². The topological polar surface area (TPSA) is 143 Å². The number of ether oxygens (including phenoxy) is 3. The van der Waals surface area contributed by atoms with Gasteiger partial charge in [-0.15, -0.1) is 11.3 Å². The first-order valence-electron chi connectivity index (χ1n) is 24.5. The van der Waals surface area contributed by atoms with E-state index >= 15 is 22.0 Å². The Morgan fingerprint density at radius 3 is 2.24 bits per heavy atom. The highest BCUT2D eigenvalue weighted by atomic mass is 32.1. The third kappa shape index (κ3) is 12.7. The largest absolute Gasteiger partial charge is 0.493 e. The van der Waals surface area contributed by atoms with Gasteiger partial charge in [0.1, 0.15) is 35.1 Å². The molecule has 1 saturated heterocycles. The summed E-state index contributed by atoms with van der Waals surface area (Å²) in [5.41, 5.74) is 5.64. The molecule has 3 aliphatic rings. The molecule has 72 heavy (non-hydrogen) atoms. The quantitative estimate of drug-likeness (QED) is 0.0583. The van der Waals surface area contributed by atoms with Crippen LogP contribution in [0, 0.1) is 24.0 Å². The number of carbonyl (C=O) groups excluding carboxylic acids is 3. The molecule has 3 N–H and O–H groups in total. The van der Waals surface area contributed by atoms with Gasteiger partial charge < -0.3 is 34.9 Å². The lowest BCUT2D eigenvalue weighted by Crippen LogP contribution is -2.60. The number of aliphatic hydroxyl groups excluding tert-OH is 1. The zero-order valence-corrected chi connectivity index (χ0v) is 42.9. The molecule has 1 fully saturated rings. The van der Waals surface area contributed by atoms with Crippen molar-refractivity contribution < 1.29 is 55.7 Å². The number of nitrogens with one attached hydrogen (secondary N) is 2. The van der Waals surface area contributed by atoms with Gasteiger partial charge in [-0.25, -0.2) is 18.2 Å². The van der Waals surface area contributed by atoms with Crippen LogP contribution >= 0.6 is 11.3 Å². The van der Waals surface area contributed by atoms with E-state index in [2.05, 4.69) is 20.4 Å². The third-order valence-corrected chi connectivity index (χ3v) is 14.4. The van der Waals surface area contributed by atoms with Gasteiger partial charge in [0, 0.05) is 62.9 Å². The Balaban J connectivity index is 0.858. The van der Waals surface area contributed by atoms with Gasteiger partial charge in [0.15, 0.2) is 0 Å². The number of aryl methyl sites for hydroxylation is 1. The van der Waals surface area contributed by atoms with E-state index in [1.165, 1.54) is 25.2 Å². The molecule has 0 bridgehead atoms. The Labute approximate surface area is 422 Å². The zero-order valence-electron chi connectivity index (χ0n) is 42.1. The number of aliphatic hydroxyl groups is 1. The summed E-state index contributed by atoms with van der Waals surface area (Å²) in [6.07, 6.45) is -4.07. The molecule has 18 heteroatoms. The molecule has 1 aliphatic carbocycles. The number of nitrogens with zero attached hydrogens (tertiary/aromatic N) is 3. The summed E-state index contributed by atoms with van der Waals surface area (Å²) in [7, 11) is 0. The summed E-state index contributed by atoms with van der Waals surface area (Å²) in [6, 6.07) is 13.7. The van der Waals surface area contributed by atoms with Crippen molar-refractivity contribution in [1.82, 2.24) is 25.4 Å². The Hall–Kier alpha value is -5.27. The van der Waals surface area contributed by atoms with E-state index in [1.807, 2.05) is 67.3 Å². The molecule has 0 saturated carbocycles. The number of β-amino-alcohol motifs (C(OH)–C–C–N with tert-alkyl or cyclic N) is 1. The molecule has 2 aliphatic heterocycles. The van der Waals surface area contributed by atoms with E-state index < -0.39 is 83.4 Å². The van der Waals surface area contributed by atoms with Crippen molar-refractivity contribution in [2.45, 2.75) is 136 Å². The van der Waals surface area contributed by atoms with E-state index in [0.29, 0.717) is 19.3 Å². The molecule has 390 valence electrons. The average molecular weight is 1020 g/mol. The first kappa shape index (κ1) is 54.5. The van der Waals surface area contributed by atoms with Crippen molar-refractivity contribution >= 4 is 34.6 Å². The maximum absolute atomic E-state index is 16.1. The second-order valence-corrected chi connectivity index (χ2v) is 21.7. The lowest BCUT2D eigenvalue weighted by Gasteiger charge is -2.44. The molecule has 4 aromatic rings. The van der Waals surface area contributed by atoms with Crippen molar-refractivity contribution in [3.63, 3.8) is 0 Å². The minimum atomic E-state index is -4.33. The maximum atomic E-state index is 16.1. The van der Waals surface area contributed by atoms with Crippen molar-refractivity contribution in [3.05, 3.63) is 111 Å². The van der Waals surface area contributed by atoms with Crippen LogP contribution in [0.15, 0.2) is 71.7 Å². The number of benzene rings is 3. The monoisotopic (exact) mass is 1020 g/mol. The number of likely N-dealkylation sites (tertiary alicyclic amines) is 1. The van der Waals surface area contributed by atoms with E-state index in [4.69, 9.17) is 9.47 Å². The summed E-state index contributed by atoms with van der Waals surface area (Å²) < 4.78 is 93.5. The van der Waals surface area contributed by atoms with Crippen LogP contribution in [0.3, 0.4) is 0 Å². The van der Waals surface area contributed by atoms with Crippen LogP contribution in [0.25, 0.3) is 16.0 Å². The normalized spacial score (nSPS) is 20.3. The standard InChI is InChI=1S/C54H66F5N5O7S/c1-31-23-40-39-14-10-9-13-36(39)24-41(40)46(64(31)29-53(7,8)57)45-42(55)26-38(27-43(45)56)70-21-11-19-69-20-12-22-71-54(58,59)51(68)62-48(52(4,5)6)50(67)63-28-37(65)25-44(63)49(66)61-32(2)34-15-17-35(18-16-34)47-33(3)60-30-72-47/h9-10,13-18,26-27,30-32,37,44,46,48,65H,11-12,19-25,28-29H2,1-8H3,(H,61,66)(H,62,68)/t31-,32+,37-,44+,46+,48-/m1/s1. The number of aromatic nitrogens is 1. The number of thiazole rings is 1. The molecule has 3 amide bonds.